The number of hydrogen-bond acceptors (Lipinski definition) is 6. The summed E-state index contributed by atoms with van der Waals surface area (Å²) >= 11 is 0. The van der Waals surface area contributed by atoms with Gasteiger partial charge in [-0.2, -0.15) is 10.2 Å². The number of H-pyrrole nitrogens is 1. The Morgan fingerprint density at radius 2 is 2.29 bits per heavy atom. The summed E-state index contributed by atoms with van der Waals surface area (Å²) in [6.45, 7) is 2.39. The maximum atomic E-state index is 12.2. The van der Waals surface area contributed by atoms with Gasteiger partial charge >= 0.3 is 6.09 Å². The van der Waals surface area contributed by atoms with Gasteiger partial charge in [0.25, 0.3) is 5.91 Å². The average molecular weight is 388 g/mol. The number of nitrogens with zero attached hydrogens (tertiary/aromatic N) is 3. The summed E-state index contributed by atoms with van der Waals surface area (Å²) < 4.78 is 12.7. The number of anilines is 1. The molecule has 1 saturated carbocycles. The van der Waals surface area contributed by atoms with E-state index in [9.17, 15) is 9.59 Å². The molecule has 2 aromatic heterocycles. The average Bonchev–Trinajstić information content (AvgIpc) is 3.04. The summed E-state index contributed by atoms with van der Waals surface area (Å²) in [4.78, 5) is 24.3. The lowest BCUT2D eigenvalue weighted by molar-refractivity contribution is 0.0671. The first-order chi connectivity index (χ1) is 13.5. The highest BCUT2D eigenvalue weighted by molar-refractivity contribution is 6.02. The summed E-state index contributed by atoms with van der Waals surface area (Å²) in [6.07, 6.45) is 4.04. The third-order valence-corrected chi connectivity index (χ3v) is 5.37. The van der Waals surface area contributed by atoms with Gasteiger partial charge in [-0.3, -0.25) is 14.6 Å². The zero-order valence-corrected chi connectivity index (χ0v) is 15.9. The quantitative estimate of drug-likeness (QED) is 0.694. The highest BCUT2D eigenvalue weighted by atomic mass is 16.6. The SMILES string of the molecule is CCC1(NC(=O)O[C@H]2CO[C@@H](c3cc(NC(=O)c4ccnn4C)n[nH]3)C2)CC1. The highest BCUT2D eigenvalue weighted by Crippen LogP contribution is 2.38. The fourth-order valence-corrected chi connectivity index (χ4v) is 3.35. The van der Waals surface area contributed by atoms with Gasteiger partial charge in [-0.1, -0.05) is 6.92 Å². The van der Waals surface area contributed by atoms with Gasteiger partial charge < -0.3 is 20.1 Å². The lowest BCUT2D eigenvalue weighted by atomic mass is 10.1. The van der Waals surface area contributed by atoms with Gasteiger partial charge in [-0.25, -0.2) is 4.79 Å². The molecule has 0 spiro atoms. The summed E-state index contributed by atoms with van der Waals surface area (Å²) in [5, 5.41) is 16.6. The maximum absolute atomic E-state index is 12.2. The summed E-state index contributed by atoms with van der Waals surface area (Å²) in [5.74, 6) is 0.0960. The zero-order chi connectivity index (χ0) is 19.7. The van der Waals surface area contributed by atoms with E-state index in [0.29, 0.717) is 24.5 Å². The molecule has 0 aromatic carbocycles. The van der Waals surface area contributed by atoms with Crippen LogP contribution in [0.4, 0.5) is 10.6 Å². The molecule has 2 aromatic rings. The Morgan fingerprint density at radius 1 is 1.46 bits per heavy atom. The minimum Gasteiger partial charge on any atom is -0.444 e. The van der Waals surface area contributed by atoms with Gasteiger partial charge in [0.05, 0.1) is 12.3 Å². The predicted octanol–water partition coefficient (Wildman–Crippen LogP) is 1.89. The maximum Gasteiger partial charge on any atom is 0.407 e. The van der Waals surface area contributed by atoms with Crippen LogP contribution in [0, 0.1) is 0 Å². The van der Waals surface area contributed by atoms with Crippen LogP contribution in [0.15, 0.2) is 18.3 Å². The van der Waals surface area contributed by atoms with Crippen LogP contribution in [-0.4, -0.2) is 50.2 Å². The lowest BCUT2D eigenvalue weighted by Crippen LogP contribution is -2.38. The van der Waals surface area contributed by atoms with Crippen molar-refractivity contribution in [3.63, 3.8) is 0 Å². The molecule has 4 rings (SSSR count). The monoisotopic (exact) mass is 388 g/mol. The van der Waals surface area contributed by atoms with Crippen LogP contribution in [0.25, 0.3) is 0 Å². The normalized spacial score (nSPS) is 22.6. The van der Waals surface area contributed by atoms with E-state index in [2.05, 4.69) is 32.9 Å². The number of ether oxygens (including phenoxy) is 2. The first kappa shape index (κ1) is 18.5. The first-order valence-corrected chi connectivity index (χ1v) is 9.43. The van der Waals surface area contributed by atoms with Gasteiger partial charge in [0.2, 0.25) is 0 Å². The number of rotatable bonds is 6. The van der Waals surface area contributed by atoms with Gasteiger partial charge in [0, 0.05) is 31.3 Å². The molecular weight excluding hydrogens is 364 g/mol. The Hall–Kier alpha value is -2.88. The van der Waals surface area contributed by atoms with E-state index in [1.54, 1.807) is 25.4 Å². The number of amides is 2. The third kappa shape index (κ3) is 3.86. The molecule has 2 atom stereocenters. The molecule has 0 unspecified atom stereocenters. The number of aromatic amines is 1. The molecule has 150 valence electrons. The number of nitrogens with one attached hydrogen (secondary N) is 3. The highest BCUT2D eigenvalue weighted by Gasteiger charge is 2.43. The number of hydrogen-bond donors (Lipinski definition) is 3. The van der Waals surface area contributed by atoms with E-state index in [1.807, 2.05) is 0 Å². The van der Waals surface area contributed by atoms with Crippen molar-refractivity contribution in [1.82, 2.24) is 25.3 Å². The van der Waals surface area contributed by atoms with Crippen molar-refractivity contribution >= 4 is 17.8 Å². The van der Waals surface area contributed by atoms with E-state index in [-0.39, 0.29) is 29.7 Å². The topological polar surface area (TPSA) is 123 Å². The van der Waals surface area contributed by atoms with Crippen molar-refractivity contribution in [1.29, 1.82) is 0 Å². The Morgan fingerprint density at radius 3 is 2.96 bits per heavy atom. The zero-order valence-electron chi connectivity index (χ0n) is 15.9. The van der Waals surface area contributed by atoms with E-state index in [1.165, 1.54) is 4.68 Å². The van der Waals surface area contributed by atoms with Crippen molar-refractivity contribution in [2.24, 2.45) is 7.05 Å². The standard InChI is InChI=1S/C18H24N6O4/c1-3-18(5-6-18)21-17(26)28-11-8-14(27-10-11)12-9-15(23-22-12)20-16(25)13-4-7-19-24(13)2/h4,7,9,11,14H,3,5-6,8,10H2,1-2H3,(H,21,26)(H2,20,22,23,25)/t11-,14-/m1/s1. The number of aromatic nitrogens is 4. The molecule has 1 aliphatic carbocycles. The molecule has 0 radical (unpaired) electrons. The first-order valence-electron chi connectivity index (χ1n) is 9.43. The lowest BCUT2D eigenvalue weighted by Gasteiger charge is -2.17. The number of aryl methyl sites for hydroxylation is 1. The smallest absolute Gasteiger partial charge is 0.407 e. The molecule has 10 heteroatoms. The Kier molecular flexibility index (Phi) is 4.80. The second-order valence-electron chi connectivity index (χ2n) is 7.35. The second-order valence-corrected chi connectivity index (χ2v) is 7.35. The predicted molar refractivity (Wildman–Crippen MR) is 98.7 cm³/mol. The Balaban J connectivity index is 1.29. The Bertz CT molecular complexity index is 871. The molecule has 1 saturated heterocycles. The molecule has 3 N–H and O–H groups in total. The largest absolute Gasteiger partial charge is 0.444 e. The second kappa shape index (κ2) is 7.27. The number of alkyl carbamates (subject to hydrolysis) is 1. The van der Waals surface area contributed by atoms with E-state index < -0.39 is 0 Å². The van der Waals surface area contributed by atoms with Crippen molar-refractivity contribution in [3.05, 3.63) is 29.7 Å². The number of carbonyl (C=O) groups excluding carboxylic acids is 2. The van der Waals surface area contributed by atoms with Crippen LogP contribution in [0.3, 0.4) is 0 Å². The third-order valence-electron chi connectivity index (χ3n) is 5.37. The molecule has 2 aliphatic rings. The minimum absolute atomic E-state index is 0.0692. The van der Waals surface area contributed by atoms with E-state index >= 15 is 0 Å². The van der Waals surface area contributed by atoms with Gasteiger partial charge in [-0.15, -0.1) is 0 Å². The van der Waals surface area contributed by atoms with Gasteiger partial charge in [0.15, 0.2) is 5.82 Å². The summed E-state index contributed by atoms with van der Waals surface area (Å²) in [7, 11) is 1.69. The number of carbonyl (C=O) groups is 2. The molecule has 2 fully saturated rings. The molecule has 10 nitrogen and oxygen atoms in total. The fraction of sp³-hybridized carbons (Fsp3) is 0.556. The molecule has 0 bridgehead atoms. The molecule has 2 amide bonds. The molecule has 1 aliphatic heterocycles. The van der Waals surface area contributed by atoms with Crippen LogP contribution in [-0.2, 0) is 16.5 Å². The van der Waals surface area contributed by atoms with Crippen molar-refractivity contribution in [2.75, 3.05) is 11.9 Å². The van der Waals surface area contributed by atoms with Crippen molar-refractivity contribution in [2.45, 2.75) is 50.4 Å². The van der Waals surface area contributed by atoms with Gasteiger partial charge in [0.1, 0.15) is 17.9 Å². The van der Waals surface area contributed by atoms with Crippen LogP contribution in [0.5, 0.6) is 0 Å². The van der Waals surface area contributed by atoms with Crippen LogP contribution in [0.1, 0.15) is 54.9 Å². The summed E-state index contributed by atoms with van der Waals surface area (Å²) in [6, 6.07) is 3.35. The van der Waals surface area contributed by atoms with E-state index in [4.69, 9.17) is 9.47 Å². The summed E-state index contributed by atoms with van der Waals surface area (Å²) in [5.41, 5.74) is 1.08. The Labute approximate surface area is 162 Å². The molecule has 3 heterocycles. The van der Waals surface area contributed by atoms with Crippen LogP contribution >= 0.6 is 0 Å². The molecule has 28 heavy (non-hydrogen) atoms. The van der Waals surface area contributed by atoms with E-state index in [0.717, 1.165) is 25.0 Å². The van der Waals surface area contributed by atoms with Crippen LogP contribution < -0.4 is 10.6 Å². The minimum atomic E-state index is -0.387. The van der Waals surface area contributed by atoms with Gasteiger partial charge in [-0.05, 0) is 25.3 Å². The van der Waals surface area contributed by atoms with Crippen molar-refractivity contribution < 1.29 is 19.1 Å². The molecular formula is C18H24N6O4. The van der Waals surface area contributed by atoms with Crippen LogP contribution in [0.2, 0.25) is 0 Å². The fourth-order valence-electron chi connectivity index (χ4n) is 3.35. The van der Waals surface area contributed by atoms with Crippen molar-refractivity contribution in [3.8, 4) is 0 Å².